The summed E-state index contributed by atoms with van der Waals surface area (Å²) >= 11 is 0. The molecule has 0 aliphatic heterocycles. The molecule has 0 radical (unpaired) electrons. The number of amidine groups is 2. The minimum absolute atomic E-state index is 0.0823. The third kappa shape index (κ3) is 3.98. The number of hydrogen-bond acceptors (Lipinski definition) is 2. The summed E-state index contributed by atoms with van der Waals surface area (Å²) in [5, 5.41) is 21.8. The Bertz CT molecular complexity index is 723. The Labute approximate surface area is 142 Å². The van der Waals surface area contributed by atoms with Crippen molar-refractivity contribution in [2.75, 3.05) is 10.6 Å². The van der Waals surface area contributed by atoms with Gasteiger partial charge in [-0.15, -0.1) is 0 Å². The van der Waals surface area contributed by atoms with Gasteiger partial charge in [-0.05, 0) is 31.0 Å². The molecule has 0 heterocycles. The molecule has 0 spiro atoms. The predicted octanol–water partition coefficient (Wildman–Crippen LogP) is 5.01. The van der Waals surface area contributed by atoms with Crippen LogP contribution in [0.25, 0.3) is 0 Å². The maximum absolute atomic E-state index is 15.0. The van der Waals surface area contributed by atoms with Crippen molar-refractivity contribution in [1.82, 2.24) is 0 Å². The SMILES string of the molecule is CC(C)C(C)(F)c1ccccc1NC(=N)C(=N)Nc1ccccc1. The summed E-state index contributed by atoms with van der Waals surface area (Å²) in [7, 11) is 0. The van der Waals surface area contributed by atoms with Gasteiger partial charge in [0.05, 0.1) is 0 Å². The number of benzene rings is 2. The third-order valence-electron chi connectivity index (χ3n) is 4.09. The van der Waals surface area contributed by atoms with E-state index in [4.69, 9.17) is 10.8 Å². The van der Waals surface area contributed by atoms with Gasteiger partial charge in [-0.2, -0.15) is 0 Å². The number of nitrogens with one attached hydrogen (secondary N) is 4. The zero-order valence-electron chi connectivity index (χ0n) is 14.2. The minimum Gasteiger partial charge on any atom is -0.338 e. The number of rotatable bonds is 4. The van der Waals surface area contributed by atoms with Gasteiger partial charge in [0.25, 0.3) is 0 Å². The molecule has 5 heteroatoms. The molecular formula is C19H23FN4. The minimum atomic E-state index is -1.53. The Balaban J connectivity index is 2.16. The molecule has 0 saturated heterocycles. The lowest BCUT2D eigenvalue weighted by Crippen LogP contribution is -2.30. The summed E-state index contributed by atoms with van der Waals surface area (Å²) < 4.78 is 15.0. The van der Waals surface area contributed by atoms with Gasteiger partial charge >= 0.3 is 0 Å². The largest absolute Gasteiger partial charge is 0.338 e. The van der Waals surface area contributed by atoms with Crippen LogP contribution in [-0.4, -0.2) is 11.7 Å². The molecule has 0 aliphatic rings. The molecule has 2 aromatic rings. The average molecular weight is 326 g/mol. The molecule has 0 bridgehead atoms. The van der Waals surface area contributed by atoms with E-state index in [2.05, 4.69) is 10.6 Å². The van der Waals surface area contributed by atoms with Crippen molar-refractivity contribution in [2.45, 2.75) is 26.4 Å². The first kappa shape index (κ1) is 17.7. The van der Waals surface area contributed by atoms with Crippen LogP contribution in [0.4, 0.5) is 15.8 Å². The van der Waals surface area contributed by atoms with Crippen molar-refractivity contribution >= 4 is 23.0 Å². The highest BCUT2D eigenvalue weighted by molar-refractivity contribution is 6.46. The van der Waals surface area contributed by atoms with Crippen LogP contribution in [0, 0.1) is 16.7 Å². The van der Waals surface area contributed by atoms with Gasteiger partial charge in [0.15, 0.2) is 11.7 Å². The summed E-state index contributed by atoms with van der Waals surface area (Å²) in [4.78, 5) is 0. The van der Waals surface area contributed by atoms with E-state index in [-0.39, 0.29) is 17.6 Å². The first-order valence-corrected chi connectivity index (χ1v) is 7.87. The van der Waals surface area contributed by atoms with Crippen molar-refractivity contribution in [3.8, 4) is 0 Å². The molecule has 0 aromatic heterocycles. The van der Waals surface area contributed by atoms with Gasteiger partial charge in [-0.1, -0.05) is 50.2 Å². The maximum Gasteiger partial charge on any atom is 0.165 e. The second-order valence-corrected chi connectivity index (χ2v) is 6.14. The van der Waals surface area contributed by atoms with E-state index in [0.29, 0.717) is 11.3 Å². The molecule has 0 aliphatic carbocycles. The fourth-order valence-electron chi connectivity index (χ4n) is 2.25. The van der Waals surface area contributed by atoms with Gasteiger partial charge in [0, 0.05) is 16.9 Å². The van der Waals surface area contributed by atoms with E-state index >= 15 is 4.39 Å². The van der Waals surface area contributed by atoms with Crippen LogP contribution in [0.5, 0.6) is 0 Å². The normalized spacial score (nSPS) is 13.2. The third-order valence-corrected chi connectivity index (χ3v) is 4.09. The number of hydrogen-bond donors (Lipinski definition) is 4. The lowest BCUT2D eigenvalue weighted by Gasteiger charge is -2.28. The highest BCUT2D eigenvalue weighted by atomic mass is 19.1. The van der Waals surface area contributed by atoms with Crippen molar-refractivity contribution in [3.63, 3.8) is 0 Å². The summed E-state index contributed by atoms with van der Waals surface area (Å²) in [5.74, 6) is -0.413. The fourth-order valence-corrected chi connectivity index (χ4v) is 2.25. The highest BCUT2D eigenvalue weighted by Crippen LogP contribution is 2.37. The van der Waals surface area contributed by atoms with Crippen molar-refractivity contribution < 1.29 is 4.39 Å². The molecular weight excluding hydrogens is 303 g/mol. The molecule has 0 saturated carbocycles. The Hall–Kier alpha value is -2.69. The van der Waals surface area contributed by atoms with Gasteiger partial charge < -0.3 is 10.6 Å². The summed E-state index contributed by atoms with van der Waals surface area (Å²) in [6.45, 7) is 5.18. The number of halogens is 1. The van der Waals surface area contributed by atoms with Crippen molar-refractivity contribution in [3.05, 3.63) is 60.2 Å². The number of para-hydroxylation sites is 2. The summed E-state index contributed by atoms with van der Waals surface area (Å²) in [5.41, 5.74) is 0.178. The smallest absolute Gasteiger partial charge is 0.165 e. The first-order valence-electron chi connectivity index (χ1n) is 7.87. The van der Waals surface area contributed by atoms with E-state index in [1.807, 2.05) is 44.2 Å². The van der Waals surface area contributed by atoms with Crippen LogP contribution >= 0.6 is 0 Å². The molecule has 2 rings (SSSR count). The maximum atomic E-state index is 15.0. The van der Waals surface area contributed by atoms with E-state index in [0.717, 1.165) is 5.69 Å². The Morgan fingerprint density at radius 2 is 1.46 bits per heavy atom. The van der Waals surface area contributed by atoms with Gasteiger partial charge in [0.2, 0.25) is 0 Å². The van der Waals surface area contributed by atoms with Crippen LogP contribution < -0.4 is 10.6 Å². The number of anilines is 2. The van der Waals surface area contributed by atoms with E-state index in [1.165, 1.54) is 6.92 Å². The molecule has 0 fully saturated rings. The van der Waals surface area contributed by atoms with Crippen LogP contribution in [-0.2, 0) is 5.67 Å². The summed E-state index contributed by atoms with van der Waals surface area (Å²) in [6, 6.07) is 16.2. The number of alkyl halides is 1. The lowest BCUT2D eigenvalue weighted by atomic mass is 9.86. The predicted molar refractivity (Wildman–Crippen MR) is 98.9 cm³/mol. The highest BCUT2D eigenvalue weighted by Gasteiger charge is 2.32. The topological polar surface area (TPSA) is 71.8 Å². The molecule has 4 nitrogen and oxygen atoms in total. The molecule has 4 N–H and O–H groups in total. The second-order valence-electron chi connectivity index (χ2n) is 6.14. The van der Waals surface area contributed by atoms with E-state index in [1.54, 1.807) is 24.3 Å². The van der Waals surface area contributed by atoms with Crippen LogP contribution in [0.2, 0.25) is 0 Å². The first-order chi connectivity index (χ1) is 11.3. The van der Waals surface area contributed by atoms with E-state index < -0.39 is 5.67 Å². The van der Waals surface area contributed by atoms with Crippen LogP contribution in [0.3, 0.4) is 0 Å². The average Bonchev–Trinajstić information content (AvgIpc) is 2.56. The van der Waals surface area contributed by atoms with Gasteiger partial charge in [-0.3, -0.25) is 10.8 Å². The Kier molecular flexibility index (Phi) is 5.34. The van der Waals surface area contributed by atoms with Crippen molar-refractivity contribution in [1.29, 1.82) is 10.8 Å². The van der Waals surface area contributed by atoms with Crippen LogP contribution in [0.1, 0.15) is 26.3 Å². The quantitative estimate of drug-likeness (QED) is 0.471. The standard InChI is InChI=1S/C19H23FN4/c1-13(2)19(3,20)15-11-7-8-12-16(15)24-18(22)17(21)23-14-9-5-4-6-10-14/h4-13H,1-3H3,(H2,21,23)(H2,22,24). The molecule has 24 heavy (non-hydrogen) atoms. The summed E-state index contributed by atoms with van der Waals surface area (Å²) in [6.07, 6.45) is 0. The molecule has 2 aromatic carbocycles. The lowest BCUT2D eigenvalue weighted by molar-refractivity contribution is 0.124. The van der Waals surface area contributed by atoms with Crippen LogP contribution in [0.15, 0.2) is 54.6 Å². The molecule has 126 valence electrons. The van der Waals surface area contributed by atoms with Gasteiger partial charge in [0.1, 0.15) is 5.67 Å². The zero-order valence-corrected chi connectivity index (χ0v) is 14.2. The molecule has 1 atom stereocenters. The second kappa shape index (κ2) is 7.25. The Morgan fingerprint density at radius 1 is 0.917 bits per heavy atom. The van der Waals surface area contributed by atoms with Gasteiger partial charge in [-0.25, -0.2) is 4.39 Å². The Morgan fingerprint density at radius 3 is 2.08 bits per heavy atom. The van der Waals surface area contributed by atoms with Crippen molar-refractivity contribution in [2.24, 2.45) is 5.92 Å². The zero-order chi connectivity index (χ0) is 17.7. The monoisotopic (exact) mass is 326 g/mol. The van der Waals surface area contributed by atoms with E-state index in [9.17, 15) is 0 Å². The molecule has 1 unspecified atom stereocenters. The molecule has 0 amide bonds. The fraction of sp³-hybridized carbons (Fsp3) is 0.263.